The standard InChI is InChI=1S/C22H21NO6/c1-3-10-29-18-9-8-14(12-19(18)28-2)11-17-15-6-4-5-7-16(15)21(26)23(22(17)27)13-20(24)25/h4-9,11-12H,3,10,13H2,1-2H3,(H,24,25)/b17-11-. The first kappa shape index (κ1) is 20.1. The Hall–Kier alpha value is -3.61. The third kappa shape index (κ3) is 4.13. The monoisotopic (exact) mass is 395 g/mol. The highest BCUT2D eigenvalue weighted by atomic mass is 16.5. The van der Waals surface area contributed by atoms with Crippen molar-refractivity contribution in [3.05, 3.63) is 59.2 Å². The average Bonchev–Trinajstić information content (AvgIpc) is 2.72. The number of imide groups is 1. The molecule has 0 unspecified atom stereocenters. The minimum Gasteiger partial charge on any atom is -0.493 e. The van der Waals surface area contributed by atoms with Gasteiger partial charge >= 0.3 is 5.97 Å². The Morgan fingerprint density at radius 3 is 2.45 bits per heavy atom. The van der Waals surface area contributed by atoms with Crippen molar-refractivity contribution in [3.8, 4) is 11.5 Å². The number of ether oxygens (including phenoxy) is 2. The van der Waals surface area contributed by atoms with Crippen LogP contribution in [0.1, 0.15) is 34.8 Å². The smallest absolute Gasteiger partial charge is 0.323 e. The maximum absolute atomic E-state index is 12.9. The molecule has 3 rings (SSSR count). The highest BCUT2D eigenvalue weighted by molar-refractivity contribution is 6.34. The van der Waals surface area contributed by atoms with Crippen molar-refractivity contribution in [3.63, 3.8) is 0 Å². The molecular weight excluding hydrogens is 374 g/mol. The van der Waals surface area contributed by atoms with Gasteiger partial charge in [-0.1, -0.05) is 31.2 Å². The average molecular weight is 395 g/mol. The van der Waals surface area contributed by atoms with Crippen LogP contribution in [0.25, 0.3) is 11.6 Å². The van der Waals surface area contributed by atoms with Crippen molar-refractivity contribution < 1.29 is 29.0 Å². The summed E-state index contributed by atoms with van der Waals surface area (Å²) < 4.78 is 11.0. The molecule has 1 heterocycles. The number of rotatable bonds is 7. The molecule has 2 aromatic rings. The molecule has 29 heavy (non-hydrogen) atoms. The van der Waals surface area contributed by atoms with Crippen molar-refractivity contribution in [2.45, 2.75) is 13.3 Å². The Kier molecular flexibility index (Phi) is 5.97. The van der Waals surface area contributed by atoms with Crippen LogP contribution in [0.4, 0.5) is 0 Å². The van der Waals surface area contributed by atoms with Gasteiger partial charge in [-0.2, -0.15) is 0 Å². The molecule has 0 saturated carbocycles. The summed E-state index contributed by atoms with van der Waals surface area (Å²) in [5.41, 5.74) is 1.66. The van der Waals surface area contributed by atoms with Crippen LogP contribution in [0.15, 0.2) is 42.5 Å². The molecule has 0 aromatic heterocycles. The predicted octanol–water partition coefficient (Wildman–Crippen LogP) is 3.09. The minimum absolute atomic E-state index is 0.241. The molecule has 0 saturated heterocycles. The molecule has 1 aliphatic heterocycles. The number of hydrogen-bond acceptors (Lipinski definition) is 5. The van der Waals surface area contributed by atoms with Crippen LogP contribution in [0.3, 0.4) is 0 Å². The number of nitrogens with zero attached hydrogens (tertiary/aromatic N) is 1. The Bertz CT molecular complexity index is 995. The molecule has 0 atom stereocenters. The summed E-state index contributed by atoms with van der Waals surface area (Å²) in [6, 6.07) is 11.9. The molecule has 2 aromatic carbocycles. The zero-order valence-corrected chi connectivity index (χ0v) is 16.2. The van der Waals surface area contributed by atoms with E-state index in [1.807, 2.05) is 6.92 Å². The number of carbonyl (C=O) groups excluding carboxylic acids is 2. The molecule has 2 amide bonds. The lowest BCUT2D eigenvalue weighted by Gasteiger charge is -2.27. The molecule has 0 fully saturated rings. The Balaban J connectivity index is 2.07. The van der Waals surface area contributed by atoms with Gasteiger partial charge in [0.15, 0.2) is 11.5 Å². The third-order valence-corrected chi connectivity index (χ3v) is 4.42. The third-order valence-electron chi connectivity index (χ3n) is 4.42. The predicted molar refractivity (Wildman–Crippen MR) is 107 cm³/mol. The quantitative estimate of drug-likeness (QED) is 0.572. The van der Waals surface area contributed by atoms with Gasteiger partial charge in [-0.05, 0) is 41.8 Å². The largest absolute Gasteiger partial charge is 0.493 e. The van der Waals surface area contributed by atoms with Gasteiger partial charge in [0.25, 0.3) is 11.8 Å². The molecule has 0 radical (unpaired) electrons. The second-order valence-corrected chi connectivity index (χ2v) is 6.45. The van der Waals surface area contributed by atoms with E-state index in [-0.39, 0.29) is 11.1 Å². The number of aliphatic carboxylic acids is 1. The van der Waals surface area contributed by atoms with E-state index in [2.05, 4.69) is 0 Å². The molecular formula is C22H21NO6. The highest BCUT2D eigenvalue weighted by Crippen LogP contribution is 2.33. The van der Waals surface area contributed by atoms with Crippen LogP contribution >= 0.6 is 0 Å². The number of hydrogen-bond donors (Lipinski definition) is 1. The first-order valence-corrected chi connectivity index (χ1v) is 9.16. The van der Waals surface area contributed by atoms with E-state index < -0.39 is 24.3 Å². The van der Waals surface area contributed by atoms with Crippen LogP contribution in [0.5, 0.6) is 11.5 Å². The molecule has 7 nitrogen and oxygen atoms in total. The van der Waals surface area contributed by atoms with Gasteiger partial charge < -0.3 is 14.6 Å². The molecule has 150 valence electrons. The molecule has 0 aliphatic carbocycles. The van der Waals surface area contributed by atoms with Gasteiger partial charge in [0.1, 0.15) is 6.54 Å². The maximum atomic E-state index is 12.9. The SMILES string of the molecule is CCCOc1ccc(/C=C2\C(=O)N(CC(=O)O)C(=O)c3ccccc32)cc1OC. The van der Waals surface area contributed by atoms with E-state index in [1.54, 1.807) is 48.5 Å². The van der Waals surface area contributed by atoms with Crippen LogP contribution in [0, 0.1) is 0 Å². The summed E-state index contributed by atoms with van der Waals surface area (Å²) >= 11 is 0. The highest BCUT2D eigenvalue weighted by Gasteiger charge is 2.35. The molecule has 1 N–H and O–H groups in total. The Labute approximate surface area is 168 Å². The number of fused-ring (bicyclic) bond motifs is 1. The van der Waals surface area contributed by atoms with Crippen molar-refractivity contribution in [2.75, 3.05) is 20.3 Å². The summed E-state index contributed by atoms with van der Waals surface area (Å²) in [5, 5.41) is 9.10. The zero-order chi connectivity index (χ0) is 21.0. The van der Waals surface area contributed by atoms with Crippen molar-refractivity contribution in [2.24, 2.45) is 0 Å². The summed E-state index contributed by atoms with van der Waals surface area (Å²) in [6.07, 6.45) is 2.47. The summed E-state index contributed by atoms with van der Waals surface area (Å²) in [6.45, 7) is 1.85. The van der Waals surface area contributed by atoms with Gasteiger partial charge in [0, 0.05) is 11.1 Å². The minimum atomic E-state index is -1.26. The second kappa shape index (κ2) is 8.60. The van der Waals surface area contributed by atoms with E-state index in [9.17, 15) is 14.4 Å². The van der Waals surface area contributed by atoms with E-state index in [0.717, 1.165) is 11.3 Å². The first-order chi connectivity index (χ1) is 14.0. The second-order valence-electron chi connectivity index (χ2n) is 6.45. The fourth-order valence-electron chi connectivity index (χ4n) is 3.09. The van der Waals surface area contributed by atoms with Gasteiger partial charge in [-0.25, -0.2) is 0 Å². The first-order valence-electron chi connectivity index (χ1n) is 9.16. The number of carboxylic acids is 1. The molecule has 1 aliphatic rings. The number of amides is 2. The number of benzene rings is 2. The van der Waals surface area contributed by atoms with Crippen LogP contribution in [-0.4, -0.2) is 48.1 Å². The van der Waals surface area contributed by atoms with Crippen molar-refractivity contribution in [1.29, 1.82) is 0 Å². The molecule has 0 spiro atoms. The summed E-state index contributed by atoms with van der Waals surface area (Å²) in [7, 11) is 1.53. The van der Waals surface area contributed by atoms with Gasteiger partial charge in [0.05, 0.1) is 13.7 Å². The summed E-state index contributed by atoms with van der Waals surface area (Å²) in [5.74, 6) is -1.42. The van der Waals surface area contributed by atoms with Gasteiger partial charge in [0.2, 0.25) is 0 Å². The van der Waals surface area contributed by atoms with E-state index in [4.69, 9.17) is 14.6 Å². The Morgan fingerprint density at radius 2 is 1.79 bits per heavy atom. The van der Waals surface area contributed by atoms with Crippen LogP contribution in [0.2, 0.25) is 0 Å². The topological polar surface area (TPSA) is 93.1 Å². The van der Waals surface area contributed by atoms with Gasteiger partial charge in [-0.15, -0.1) is 0 Å². The van der Waals surface area contributed by atoms with E-state index >= 15 is 0 Å². The van der Waals surface area contributed by atoms with Crippen molar-refractivity contribution >= 4 is 29.4 Å². The van der Waals surface area contributed by atoms with Crippen LogP contribution < -0.4 is 9.47 Å². The Morgan fingerprint density at radius 1 is 1.07 bits per heavy atom. The van der Waals surface area contributed by atoms with E-state index in [0.29, 0.717) is 29.2 Å². The lowest BCUT2D eigenvalue weighted by atomic mass is 9.92. The summed E-state index contributed by atoms with van der Waals surface area (Å²) in [4.78, 5) is 37.4. The molecule has 0 bridgehead atoms. The van der Waals surface area contributed by atoms with Crippen LogP contribution in [-0.2, 0) is 9.59 Å². The number of methoxy groups -OCH3 is 1. The maximum Gasteiger partial charge on any atom is 0.323 e. The zero-order valence-electron chi connectivity index (χ0n) is 16.2. The lowest BCUT2D eigenvalue weighted by molar-refractivity contribution is -0.141. The van der Waals surface area contributed by atoms with Gasteiger partial charge in [-0.3, -0.25) is 19.3 Å². The number of carboxylic acid groups (broad SMARTS) is 1. The normalized spacial score (nSPS) is 14.7. The molecule has 7 heteroatoms. The van der Waals surface area contributed by atoms with Crippen molar-refractivity contribution in [1.82, 2.24) is 4.90 Å². The van der Waals surface area contributed by atoms with E-state index in [1.165, 1.54) is 7.11 Å². The fraction of sp³-hybridized carbons (Fsp3) is 0.227. The lowest BCUT2D eigenvalue weighted by Crippen LogP contribution is -2.44. The number of carbonyl (C=O) groups is 3. The fourth-order valence-corrected chi connectivity index (χ4v) is 3.09.